The van der Waals surface area contributed by atoms with Crippen LogP contribution in [0.3, 0.4) is 0 Å². The molecule has 0 aliphatic heterocycles. The van der Waals surface area contributed by atoms with Crippen molar-refractivity contribution in [2.75, 3.05) is 6.61 Å². The second-order valence-corrected chi connectivity index (χ2v) is 8.95. The van der Waals surface area contributed by atoms with Gasteiger partial charge in [0, 0.05) is 23.4 Å². The van der Waals surface area contributed by atoms with Crippen LogP contribution in [0.25, 0.3) is 11.0 Å². The highest BCUT2D eigenvalue weighted by Crippen LogP contribution is 2.55. The standard InChI is InChI=1S/C24H30O4/c1-15-5-4-6-19-16(2)21(25)11-12-24(19,3)20(15)14-27-18-9-7-17-8-10-23(26)28-22(17)13-18/h7-10,13,16,19-21,25H,1,4-6,11-12,14H2,2-3H3/t16-,19?,20-,21+,24-/m1/s1. The van der Waals surface area contributed by atoms with Crippen LogP contribution in [0.2, 0.25) is 0 Å². The second kappa shape index (κ2) is 7.40. The van der Waals surface area contributed by atoms with E-state index in [1.165, 1.54) is 11.6 Å². The van der Waals surface area contributed by atoms with Crippen LogP contribution in [-0.4, -0.2) is 17.8 Å². The van der Waals surface area contributed by atoms with Crippen molar-refractivity contribution in [1.82, 2.24) is 0 Å². The number of aliphatic hydroxyl groups is 1. The Balaban J connectivity index is 1.58. The van der Waals surface area contributed by atoms with E-state index in [2.05, 4.69) is 20.4 Å². The van der Waals surface area contributed by atoms with Crippen LogP contribution in [0, 0.1) is 23.2 Å². The molecular formula is C24H30O4. The molecule has 28 heavy (non-hydrogen) atoms. The van der Waals surface area contributed by atoms with E-state index in [0.717, 1.165) is 37.5 Å². The Hall–Kier alpha value is -2.07. The summed E-state index contributed by atoms with van der Waals surface area (Å²) in [6, 6.07) is 8.83. The summed E-state index contributed by atoms with van der Waals surface area (Å²) in [5, 5.41) is 11.3. The summed E-state index contributed by atoms with van der Waals surface area (Å²) < 4.78 is 11.5. The van der Waals surface area contributed by atoms with E-state index in [1.807, 2.05) is 12.1 Å². The topological polar surface area (TPSA) is 59.7 Å². The van der Waals surface area contributed by atoms with Crippen molar-refractivity contribution in [1.29, 1.82) is 0 Å². The molecular weight excluding hydrogens is 352 g/mol. The van der Waals surface area contributed by atoms with Crippen molar-refractivity contribution in [2.24, 2.45) is 23.2 Å². The van der Waals surface area contributed by atoms with Crippen molar-refractivity contribution in [3.8, 4) is 5.75 Å². The number of fused-ring (bicyclic) bond motifs is 2. The van der Waals surface area contributed by atoms with E-state index in [9.17, 15) is 9.90 Å². The molecule has 150 valence electrons. The fourth-order valence-electron chi connectivity index (χ4n) is 5.61. The van der Waals surface area contributed by atoms with Gasteiger partial charge >= 0.3 is 5.63 Å². The van der Waals surface area contributed by atoms with Gasteiger partial charge in [-0.1, -0.05) is 26.0 Å². The molecule has 1 heterocycles. The SMILES string of the molecule is C=C1CCCC2[C@@H](C)[C@@H](O)CC[C@@]2(C)[C@@H]1COc1ccc2ccc(=O)oc2c1. The minimum absolute atomic E-state index is 0.0929. The van der Waals surface area contributed by atoms with Gasteiger partial charge in [-0.25, -0.2) is 4.79 Å². The summed E-state index contributed by atoms with van der Waals surface area (Å²) in [6.45, 7) is 9.54. The van der Waals surface area contributed by atoms with Gasteiger partial charge in [-0.05, 0) is 67.6 Å². The number of rotatable bonds is 3. The van der Waals surface area contributed by atoms with E-state index in [4.69, 9.17) is 9.15 Å². The van der Waals surface area contributed by atoms with Crippen LogP contribution in [0.15, 0.2) is 51.7 Å². The van der Waals surface area contributed by atoms with Gasteiger partial charge < -0.3 is 14.3 Å². The minimum Gasteiger partial charge on any atom is -0.493 e. The zero-order chi connectivity index (χ0) is 19.9. The molecule has 1 aromatic carbocycles. The molecule has 2 fully saturated rings. The number of hydrogen-bond acceptors (Lipinski definition) is 4. The maximum Gasteiger partial charge on any atom is 0.336 e. The lowest BCUT2D eigenvalue weighted by molar-refractivity contribution is -0.0617. The summed E-state index contributed by atoms with van der Waals surface area (Å²) in [7, 11) is 0. The zero-order valence-electron chi connectivity index (χ0n) is 16.8. The number of ether oxygens (including phenoxy) is 1. The van der Waals surface area contributed by atoms with Crippen molar-refractivity contribution in [2.45, 2.75) is 52.1 Å². The summed E-state index contributed by atoms with van der Waals surface area (Å²) in [4.78, 5) is 11.5. The summed E-state index contributed by atoms with van der Waals surface area (Å²) in [5.74, 6) is 1.76. The first-order valence-corrected chi connectivity index (χ1v) is 10.4. The molecule has 1 N–H and O–H groups in total. The third-order valence-electron chi connectivity index (χ3n) is 7.38. The molecule has 5 atom stereocenters. The molecule has 4 heteroatoms. The second-order valence-electron chi connectivity index (χ2n) is 8.95. The fraction of sp³-hybridized carbons (Fsp3) is 0.542. The Kier molecular flexibility index (Phi) is 5.09. The maximum atomic E-state index is 11.5. The average Bonchev–Trinajstić information content (AvgIpc) is 2.79. The first-order chi connectivity index (χ1) is 13.4. The quantitative estimate of drug-likeness (QED) is 0.603. The highest BCUT2D eigenvalue weighted by molar-refractivity contribution is 5.77. The van der Waals surface area contributed by atoms with E-state index >= 15 is 0 Å². The molecule has 4 nitrogen and oxygen atoms in total. The van der Waals surface area contributed by atoms with Crippen LogP contribution in [0.5, 0.6) is 5.75 Å². The lowest BCUT2D eigenvalue weighted by Gasteiger charge is -2.50. The predicted molar refractivity (Wildman–Crippen MR) is 110 cm³/mol. The Bertz CT molecular complexity index is 930. The lowest BCUT2D eigenvalue weighted by atomic mass is 9.56. The van der Waals surface area contributed by atoms with Gasteiger partial charge in [-0.15, -0.1) is 0 Å². The molecule has 0 radical (unpaired) electrons. The Morgan fingerprint density at radius 3 is 2.89 bits per heavy atom. The summed E-state index contributed by atoms with van der Waals surface area (Å²) >= 11 is 0. The highest BCUT2D eigenvalue weighted by atomic mass is 16.5. The largest absolute Gasteiger partial charge is 0.493 e. The van der Waals surface area contributed by atoms with Crippen LogP contribution < -0.4 is 10.4 Å². The molecule has 1 aromatic heterocycles. The Morgan fingerprint density at radius 1 is 1.29 bits per heavy atom. The van der Waals surface area contributed by atoms with E-state index < -0.39 is 0 Å². The highest BCUT2D eigenvalue weighted by Gasteiger charge is 2.50. The molecule has 2 aromatic rings. The first-order valence-electron chi connectivity index (χ1n) is 10.4. The number of aliphatic hydroxyl groups excluding tert-OH is 1. The van der Waals surface area contributed by atoms with Gasteiger partial charge in [0.25, 0.3) is 0 Å². The normalized spacial score (nSPS) is 33.3. The molecule has 0 saturated heterocycles. The summed E-state index contributed by atoms with van der Waals surface area (Å²) in [5.41, 5.74) is 1.55. The van der Waals surface area contributed by atoms with Gasteiger partial charge in [-0.2, -0.15) is 0 Å². The predicted octanol–water partition coefficient (Wildman–Crippen LogP) is 4.94. The molecule has 0 bridgehead atoms. The van der Waals surface area contributed by atoms with Crippen LogP contribution >= 0.6 is 0 Å². The third kappa shape index (κ3) is 3.39. The van der Waals surface area contributed by atoms with Crippen LogP contribution in [0.1, 0.15) is 46.0 Å². The van der Waals surface area contributed by atoms with Gasteiger partial charge in [0.2, 0.25) is 0 Å². The van der Waals surface area contributed by atoms with Crippen molar-refractivity contribution in [3.05, 3.63) is 52.9 Å². The third-order valence-corrected chi connectivity index (χ3v) is 7.38. The van der Waals surface area contributed by atoms with Crippen molar-refractivity contribution >= 4 is 11.0 Å². The van der Waals surface area contributed by atoms with Gasteiger partial charge in [-0.3, -0.25) is 0 Å². The molecule has 0 amide bonds. The Labute approximate surface area is 166 Å². The van der Waals surface area contributed by atoms with Crippen molar-refractivity contribution in [3.63, 3.8) is 0 Å². The van der Waals surface area contributed by atoms with E-state index in [1.54, 1.807) is 12.1 Å². The Morgan fingerprint density at radius 2 is 2.07 bits per heavy atom. The van der Waals surface area contributed by atoms with Gasteiger partial charge in [0.1, 0.15) is 11.3 Å². The minimum atomic E-state index is -0.355. The molecule has 0 spiro atoms. The van der Waals surface area contributed by atoms with Gasteiger partial charge in [0.05, 0.1) is 12.7 Å². The van der Waals surface area contributed by atoms with Crippen LogP contribution in [-0.2, 0) is 0 Å². The zero-order valence-corrected chi connectivity index (χ0v) is 16.8. The van der Waals surface area contributed by atoms with Crippen molar-refractivity contribution < 1.29 is 14.3 Å². The number of benzene rings is 1. The van der Waals surface area contributed by atoms with E-state index in [0.29, 0.717) is 29.8 Å². The molecule has 2 aliphatic rings. The maximum absolute atomic E-state index is 11.5. The molecule has 1 unspecified atom stereocenters. The van der Waals surface area contributed by atoms with Gasteiger partial charge in [0.15, 0.2) is 0 Å². The lowest BCUT2D eigenvalue weighted by Crippen LogP contribution is -2.47. The fourth-order valence-corrected chi connectivity index (χ4v) is 5.61. The average molecular weight is 383 g/mol. The first kappa shape index (κ1) is 19.3. The molecule has 2 aliphatic carbocycles. The monoisotopic (exact) mass is 382 g/mol. The number of hydrogen-bond donors (Lipinski definition) is 1. The smallest absolute Gasteiger partial charge is 0.336 e. The van der Waals surface area contributed by atoms with E-state index in [-0.39, 0.29) is 23.1 Å². The molecule has 4 rings (SSSR count). The molecule has 2 saturated carbocycles. The summed E-state index contributed by atoms with van der Waals surface area (Å²) in [6.07, 6.45) is 4.95. The van der Waals surface area contributed by atoms with Crippen LogP contribution in [0.4, 0.5) is 0 Å².